The van der Waals surface area contributed by atoms with E-state index in [0.717, 1.165) is 16.7 Å². The van der Waals surface area contributed by atoms with E-state index in [4.69, 9.17) is 9.26 Å². The van der Waals surface area contributed by atoms with Gasteiger partial charge in [-0.05, 0) is 31.0 Å². The molecule has 0 aliphatic rings. The van der Waals surface area contributed by atoms with Crippen LogP contribution in [0.1, 0.15) is 21.8 Å². The first kappa shape index (κ1) is 20.1. The maximum Gasteiger partial charge on any atom is 0.316 e. The minimum atomic E-state index is -0.499. The molecule has 1 heterocycles. The molecule has 8 heteroatoms. The van der Waals surface area contributed by atoms with Crippen LogP contribution in [0.2, 0.25) is 0 Å². The molecular weight excluding hydrogens is 372 g/mol. The second-order valence-corrected chi connectivity index (χ2v) is 6.38. The third-order valence-corrected chi connectivity index (χ3v) is 4.30. The van der Waals surface area contributed by atoms with Crippen LogP contribution in [0, 0.1) is 13.8 Å². The molecule has 0 spiro atoms. The summed E-state index contributed by atoms with van der Waals surface area (Å²) in [4.78, 5) is 28.0. The molecule has 0 saturated heterocycles. The number of rotatable bonds is 8. The first-order chi connectivity index (χ1) is 14.0. The highest BCUT2D eigenvalue weighted by atomic mass is 16.5. The summed E-state index contributed by atoms with van der Waals surface area (Å²) in [5.41, 5.74) is 2.86. The van der Waals surface area contributed by atoms with Crippen LogP contribution in [0.25, 0.3) is 11.4 Å². The Morgan fingerprint density at radius 3 is 2.55 bits per heavy atom. The molecule has 3 rings (SSSR count). The minimum Gasteiger partial charge on any atom is -0.483 e. The van der Waals surface area contributed by atoms with Crippen LogP contribution in [0.5, 0.6) is 5.75 Å². The van der Waals surface area contributed by atoms with Crippen LogP contribution >= 0.6 is 0 Å². The first-order valence-corrected chi connectivity index (χ1v) is 9.17. The number of amides is 2. The van der Waals surface area contributed by atoms with Gasteiger partial charge in [0, 0.05) is 18.7 Å². The van der Waals surface area contributed by atoms with Gasteiger partial charge in [0.25, 0.3) is 5.91 Å². The van der Waals surface area contributed by atoms with Crippen molar-refractivity contribution >= 4 is 11.8 Å². The van der Waals surface area contributed by atoms with Crippen molar-refractivity contribution in [3.05, 3.63) is 65.5 Å². The number of aromatic nitrogens is 2. The van der Waals surface area contributed by atoms with Crippen molar-refractivity contribution < 1.29 is 18.8 Å². The Bertz CT molecular complexity index is 985. The largest absolute Gasteiger partial charge is 0.483 e. The molecule has 0 fully saturated rings. The van der Waals surface area contributed by atoms with Crippen LogP contribution in [-0.2, 0) is 4.79 Å². The Balaban J connectivity index is 1.39. The fraction of sp³-hybridized carbons (Fsp3) is 0.238. The maximum atomic E-state index is 12.1. The molecule has 8 nitrogen and oxygen atoms in total. The summed E-state index contributed by atoms with van der Waals surface area (Å²) in [5.74, 6) is 0.116. The van der Waals surface area contributed by atoms with Crippen molar-refractivity contribution in [3.63, 3.8) is 0 Å². The van der Waals surface area contributed by atoms with Crippen molar-refractivity contribution in [1.82, 2.24) is 20.8 Å². The summed E-state index contributed by atoms with van der Waals surface area (Å²) in [5, 5.41) is 9.10. The van der Waals surface area contributed by atoms with Gasteiger partial charge in [-0.3, -0.25) is 9.59 Å². The van der Waals surface area contributed by atoms with Gasteiger partial charge in [-0.15, -0.1) is 0 Å². The van der Waals surface area contributed by atoms with E-state index in [1.54, 1.807) is 0 Å². The summed E-state index contributed by atoms with van der Waals surface area (Å²) in [7, 11) is 0. The van der Waals surface area contributed by atoms with E-state index in [0.29, 0.717) is 11.6 Å². The van der Waals surface area contributed by atoms with Gasteiger partial charge < -0.3 is 19.9 Å². The molecule has 3 aromatic rings. The van der Waals surface area contributed by atoms with Gasteiger partial charge in [-0.2, -0.15) is 4.98 Å². The molecule has 0 aliphatic carbocycles. The van der Waals surface area contributed by atoms with E-state index in [9.17, 15) is 9.59 Å². The van der Waals surface area contributed by atoms with Gasteiger partial charge in [0.05, 0.1) is 0 Å². The van der Waals surface area contributed by atoms with Crippen LogP contribution in [0.4, 0.5) is 0 Å². The van der Waals surface area contributed by atoms with E-state index in [1.165, 1.54) is 0 Å². The van der Waals surface area contributed by atoms with Gasteiger partial charge in [-0.1, -0.05) is 47.6 Å². The van der Waals surface area contributed by atoms with Crippen molar-refractivity contribution in [2.45, 2.75) is 13.8 Å². The molecule has 2 aromatic carbocycles. The highest BCUT2D eigenvalue weighted by Crippen LogP contribution is 2.20. The molecule has 0 bridgehead atoms. The second kappa shape index (κ2) is 9.50. The van der Waals surface area contributed by atoms with Gasteiger partial charge in [0.2, 0.25) is 5.82 Å². The zero-order valence-corrected chi connectivity index (χ0v) is 16.3. The highest BCUT2D eigenvalue weighted by molar-refractivity contribution is 5.89. The summed E-state index contributed by atoms with van der Waals surface area (Å²) >= 11 is 0. The van der Waals surface area contributed by atoms with Crippen molar-refractivity contribution in [2.75, 3.05) is 19.7 Å². The van der Waals surface area contributed by atoms with Crippen LogP contribution < -0.4 is 15.4 Å². The summed E-state index contributed by atoms with van der Waals surface area (Å²) in [6.45, 7) is 4.30. The number of aryl methyl sites for hydroxylation is 1. The molecule has 0 aliphatic heterocycles. The SMILES string of the molecule is Cc1cccc(OCC(=O)NCCNC(=O)c2nc(-c3ccccc3)no2)c1C. The Hall–Kier alpha value is -3.68. The average Bonchev–Trinajstić information content (AvgIpc) is 3.23. The Kier molecular flexibility index (Phi) is 6.57. The lowest BCUT2D eigenvalue weighted by Gasteiger charge is -2.11. The molecule has 0 atom stereocenters. The monoisotopic (exact) mass is 394 g/mol. The van der Waals surface area contributed by atoms with Crippen LogP contribution in [-0.4, -0.2) is 41.7 Å². The summed E-state index contributed by atoms with van der Waals surface area (Å²) < 4.78 is 10.5. The fourth-order valence-electron chi connectivity index (χ4n) is 2.55. The zero-order chi connectivity index (χ0) is 20.6. The quantitative estimate of drug-likeness (QED) is 0.568. The number of hydrogen-bond acceptors (Lipinski definition) is 6. The van der Waals surface area contributed by atoms with Crippen LogP contribution in [0.15, 0.2) is 53.1 Å². The number of nitrogens with one attached hydrogen (secondary N) is 2. The number of carbonyl (C=O) groups excluding carboxylic acids is 2. The molecule has 150 valence electrons. The number of nitrogens with zero attached hydrogens (tertiary/aromatic N) is 2. The normalized spacial score (nSPS) is 10.4. The smallest absolute Gasteiger partial charge is 0.316 e. The van der Waals surface area contributed by atoms with Crippen molar-refractivity contribution in [1.29, 1.82) is 0 Å². The van der Waals surface area contributed by atoms with E-state index in [-0.39, 0.29) is 31.5 Å². The first-order valence-electron chi connectivity index (χ1n) is 9.17. The number of benzene rings is 2. The Morgan fingerprint density at radius 2 is 1.76 bits per heavy atom. The van der Waals surface area contributed by atoms with Gasteiger partial charge in [-0.25, -0.2) is 0 Å². The molecule has 29 heavy (non-hydrogen) atoms. The molecule has 1 aromatic heterocycles. The van der Waals surface area contributed by atoms with E-state index in [2.05, 4.69) is 20.8 Å². The zero-order valence-electron chi connectivity index (χ0n) is 16.3. The molecule has 0 radical (unpaired) electrons. The van der Waals surface area contributed by atoms with Gasteiger partial charge >= 0.3 is 11.8 Å². The third-order valence-electron chi connectivity index (χ3n) is 4.30. The lowest BCUT2D eigenvalue weighted by molar-refractivity contribution is -0.123. The Morgan fingerprint density at radius 1 is 1.00 bits per heavy atom. The minimum absolute atomic E-state index is 0.0949. The van der Waals surface area contributed by atoms with E-state index >= 15 is 0 Å². The van der Waals surface area contributed by atoms with Crippen molar-refractivity contribution in [2.24, 2.45) is 0 Å². The number of ether oxygens (including phenoxy) is 1. The molecule has 0 saturated carbocycles. The third kappa shape index (κ3) is 5.41. The average molecular weight is 394 g/mol. The highest BCUT2D eigenvalue weighted by Gasteiger charge is 2.15. The van der Waals surface area contributed by atoms with Crippen LogP contribution in [0.3, 0.4) is 0 Å². The summed E-state index contributed by atoms with van der Waals surface area (Å²) in [6, 6.07) is 14.9. The summed E-state index contributed by atoms with van der Waals surface area (Å²) in [6.07, 6.45) is 0. The fourth-order valence-corrected chi connectivity index (χ4v) is 2.55. The molecular formula is C21H22N4O4. The lowest BCUT2D eigenvalue weighted by Crippen LogP contribution is -2.36. The van der Waals surface area contributed by atoms with E-state index in [1.807, 2.05) is 62.4 Å². The number of carbonyl (C=O) groups is 2. The molecule has 2 amide bonds. The molecule has 0 unspecified atom stereocenters. The lowest BCUT2D eigenvalue weighted by atomic mass is 10.1. The Labute approximate surface area is 168 Å². The van der Waals surface area contributed by atoms with Gasteiger partial charge in [0.1, 0.15) is 5.75 Å². The maximum absolute atomic E-state index is 12.1. The standard InChI is InChI=1S/C21H22N4O4/c1-14-7-6-10-17(15(14)2)28-13-18(26)22-11-12-23-20(27)21-24-19(25-29-21)16-8-4-3-5-9-16/h3-10H,11-13H2,1-2H3,(H,22,26)(H,23,27). The molecule has 2 N–H and O–H groups in total. The predicted octanol–water partition coefficient (Wildman–Crippen LogP) is 2.28. The topological polar surface area (TPSA) is 106 Å². The predicted molar refractivity (Wildman–Crippen MR) is 106 cm³/mol. The van der Waals surface area contributed by atoms with Crippen molar-refractivity contribution in [3.8, 4) is 17.1 Å². The van der Waals surface area contributed by atoms with Gasteiger partial charge in [0.15, 0.2) is 6.61 Å². The number of hydrogen-bond donors (Lipinski definition) is 2. The second-order valence-electron chi connectivity index (χ2n) is 6.38. The van der Waals surface area contributed by atoms with E-state index < -0.39 is 5.91 Å².